The molecule has 0 unspecified atom stereocenters. The first-order valence-corrected chi connectivity index (χ1v) is 12.9. The van der Waals surface area contributed by atoms with Crippen molar-refractivity contribution in [1.29, 1.82) is 0 Å². The number of fused-ring (bicyclic) bond motifs is 1. The molecule has 11 heteroatoms. The molecule has 0 bridgehead atoms. The highest BCUT2D eigenvalue weighted by Crippen LogP contribution is 2.40. The molecule has 4 N–H and O–H groups in total. The van der Waals surface area contributed by atoms with Gasteiger partial charge in [0.1, 0.15) is 11.8 Å². The predicted octanol–water partition coefficient (Wildman–Crippen LogP) is 0.837. The number of carboxylic acid groups (broad SMARTS) is 1. The first-order valence-electron chi connectivity index (χ1n) is 11.4. The van der Waals surface area contributed by atoms with Gasteiger partial charge >= 0.3 is 13.1 Å². The monoisotopic (exact) mass is 508 g/mol. The van der Waals surface area contributed by atoms with Gasteiger partial charge < -0.3 is 25.3 Å². The standard InChI is InChI=1S/C25H25BN2O7S/c27-23(24(29)30)12-17-5-4-8-21(11-17)36(32,33)28-15-25(16-28,19-6-2-1-3-7-19)35-20-9-10-22-18(13-20)14-34-26(22)31/h1-11,13,23,31H,12,14-16,27H2,(H,29,30)/t23-/m0/s1. The smallest absolute Gasteiger partial charge is 0.480 e. The van der Waals surface area contributed by atoms with Gasteiger partial charge in [-0.05, 0) is 52.8 Å². The minimum absolute atomic E-state index is 0.0203. The van der Waals surface area contributed by atoms with Gasteiger partial charge in [0.25, 0.3) is 0 Å². The molecule has 0 saturated carbocycles. The Kier molecular flexibility index (Phi) is 6.35. The molecule has 2 aliphatic rings. The van der Waals surface area contributed by atoms with Crippen molar-refractivity contribution < 1.29 is 32.7 Å². The molecule has 1 atom stereocenters. The third-order valence-corrected chi connectivity index (χ3v) is 8.35. The van der Waals surface area contributed by atoms with Crippen LogP contribution in [0.15, 0.2) is 77.7 Å². The fraction of sp³-hybridized carbons (Fsp3) is 0.240. The topological polar surface area (TPSA) is 139 Å². The van der Waals surface area contributed by atoms with Crippen LogP contribution in [0.4, 0.5) is 0 Å². The Morgan fingerprint density at radius 3 is 2.58 bits per heavy atom. The second kappa shape index (κ2) is 9.34. The number of sulfonamides is 1. The van der Waals surface area contributed by atoms with Crippen LogP contribution in [-0.2, 0) is 38.1 Å². The molecule has 0 amide bonds. The molecule has 2 aliphatic heterocycles. The van der Waals surface area contributed by atoms with E-state index in [0.717, 1.165) is 11.1 Å². The van der Waals surface area contributed by atoms with Crippen LogP contribution in [0.3, 0.4) is 0 Å². The van der Waals surface area contributed by atoms with Crippen molar-refractivity contribution in [2.75, 3.05) is 13.1 Å². The van der Waals surface area contributed by atoms with Crippen LogP contribution in [0.5, 0.6) is 5.75 Å². The molecular formula is C25H25BN2O7S. The average Bonchev–Trinajstić information content (AvgIpc) is 3.21. The third-order valence-electron chi connectivity index (χ3n) is 6.56. The van der Waals surface area contributed by atoms with Gasteiger partial charge in [-0.3, -0.25) is 4.79 Å². The molecule has 3 aromatic rings. The summed E-state index contributed by atoms with van der Waals surface area (Å²) < 4.78 is 39.9. The number of rotatable bonds is 8. The van der Waals surface area contributed by atoms with Crippen LogP contribution in [0.1, 0.15) is 16.7 Å². The second-order valence-corrected chi connectivity index (χ2v) is 11.0. The van der Waals surface area contributed by atoms with Gasteiger partial charge in [-0.25, -0.2) is 8.42 Å². The molecule has 5 rings (SSSR count). The maximum absolute atomic E-state index is 13.4. The van der Waals surface area contributed by atoms with Crippen molar-refractivity contribution in [1.82, 2.24) is 4.31 Å². The lowest BCUT2D eigenvalue weighted by molar-refractivity contribution is -0.138. The molecule has 9 nitrogen and oxygen atoms in total. The summed E-state index contributed by atoms with van der Waals surface area (Å²) in [4.78, 5) is 11.2. The number of carbonyl (C=O) groups is 1. The number of aliphatic carboxylic acids is 1. The van der Waals surface area contributed by atoms with Gasteiger partial charge in [0.15, 0.2) is 5.60 Å². The summed E-state index contributed by atoms with van der Waals surface area (Å²) >= 11 is 0. The Hall–Kier alpha value is -3.22. The summed E-state index contributed by atoms with van der Waals surface area (Å²) in [7, 11) is -4.81. The first-order chi connectivity index (χ1) is 17.2. The van der Waals surface area contributed by atoms with E-state index in [-0.39, 0.29) is 31.0 Å². The van der Waals surface area contributed by atoms with E-state index in [0.29, 0.717) is 16.8 Å². The summed E-state index contributed by atoms with van der Waals surface area (Å²) in [5, 5.41) is 19.0. The number of nitrogens with zero attached hydrogens (tertiary/aromatic N) is 1. The number of hydrogen-bond donors (Lipinski definition) is 3. The largest absolute Gasteiger partial charge is 0.491 e. The van der Waals surface area contributed by atoms with Crippen molar-refractivity contribution in [3.8, 4) is 5.75 Å². The minimum atomic E-state index is -3.86. The van der Waals surface area contributed by atoms with Crippen molar-refractivity contribution in [3.63, 3.8) is 0 Å². The lowest BCUT2D eigenvalue weighted by atomic mass is 9.79. The van der Waals surface area contributed by atoms with E-state index in [2.05, 4.69) is 0 Å². The van der Waals surface area contributed by atoms with E-state index >= 15 is 0 Å². The zero-order valence-electron chi connectivity index (χ0n) is 19.3. The summed E-state index contributed by atoms with van der Waals surface area (Å²) in [6, 6.07) is 19.8. The third kappa shape index (κ3) is 4.51. The normalized spacial score (nSPS) is 17.8. The summed E-state index contributed by atoms with van der Waals surface area (Å²) in [5.41, 5.74) is 7.61. The Morgan fingerprint density at radius 1 is 1.11 bits per heavy atom. The molecule has 0 radical (unpaired) electrons. The number of carboxylic acids is 1. The van der Waals surface area contributed by atoms with Gasteiger partial charge in [0.2, 0.25) is 10.0 Å². The minimum Gasteiger partial charge on any atom is -0.480 e. The van der Waals surface area contributed by atoms with Gasteiger partial charge in [0.05, 0.1) is 24.6 Å². The molecule has 3 aromatic carbocycles. The fourth-order valence-corrected chi connectivity index (χ4v) is 6.17. The van der Waals surface area contributed by atoms with E-state index in [4.69, 9.17) is 20.2 Å². The van der Waals surface area contributed by atoms with Gasteiger partial charge in [0, 0.05) is 0 Å². The number of ether oxygens (including phenoxy) is 1. The number of hydrogen-bond acceptors (Lipinski definition) is 7. The Labute approximate surface area is 209 Å². The zero-order valence-corrected chi connectivity index (χ0v) is 20.1. The summed E-state index contributed by atoms with van der Waals surface area (Å²) in [6.07, 6.45) is 0.0203. The molecular weight excluding hydrogens is 483 g/mol. The average molecular weight is 508 g/mol. The first kappa shape index (κ1) is 24.5. The molecule has 0 aromatic heterocycles. The van der Waals surface area contributed by atoms with E-state index in [1.165, 1.54) is 16.4 Å². The van der Waals surface area contributed by atoms with E-state index < -0.39 is 34.8 Å². The van der Waals surface area contributed by atoms with E-state index in [1.807, 2.05) is 36.4 Å². The lowest BCUT2D eigenvalue weighted by Crippen LogP contribution is -2.64. The van der Waals surface area contributed by atoms with Crippen LogP contribution < -0.4 is 15.9 Å². The van der Waals surface area contributed by atoms with Crippen LogP contribution in [0, 0.1) is 0 Å². The molecule has 36 heavy (non-hydrogen) atoms. The highest BCUT2D eigenvalue weighted by Gasteiger charge is 2.52. The van der Waals surface area contributed by atoms with Gasteiger partial charge in [-0.2, -0.15) is 4.31 Å². The maximum atomic E-state index is 13.4. The SMILES string of the molecule is N[C@@H](Cc1cccc(S(=O)(=O)N2CC(Oc3ccc4c(c3)COB4O)(c3ccccc3)C2)c1)C(=O)O. The molecule has 2 heterocycles. The van der Waals surface area contributed by atoms with E-state index in [9.17, 15) is 18.2 Å². The van der Waals surface area contributed by atoms with Crippen LogP contribution in [-0.4, -0.2) is 55.1 Å². The molecule has 0 spiro atoms. The van der Waals surface area contributed by atoms with Crippen molar-refractivity contribution >= 4 is 28.6 Å². The maximum Gasteiger partial charge on any atom is 0.491 e. The second-order valence-electron chi connectivity index (χ2n) is 9.06. The van der Waals surface area contributed by atoms with Crippen molar-refractivity contribution in [2.24, 2.45) is 5.73 Å². The Bertz CT molecular complexity index is 1390. The number of nitrogens with two attached hydrogens (primary N) is 1. The van der Waals surface area contributed by atoms with Crippen LogP contribution in [0.25, 0.3) is 0 Å². The van der Waals surface area contributed by atoms with Crippen LogP contribution >= 0.6 is 0 Å². The fourth-order valence-electron chi connectivity index (χ4n) is 4.56. The molecule has 1 fully saturated rings. The highest BCUT2D eigenvalue weighted by molar-refractivity contribution is 7.89. The zero-order chi connectivity index (χ0) is 25.5. The number of benzene rings is 3. The summed E-state index contributed by atoms with van der Waals surface area (Å²) in [6.45, 7) is 0.456. The van der Waals surface area contributed by atoms with Crippen molar-refractivity contribution in [2.45, 2.75) is 29.6 Å². The molecule has 0 aliphatic carbocycles. The highest BCUT2D eigenvalue weighted by atomic mass is 32.2. The predicted molar refractivity (Wildman–Crippen MR) is 132 cm³/mol. The van der Waals surface area contributed by atoms with Crippen LogP contribution in [0.2, 0.25) is 0 Å². The molecule has 1 saturated heterocycles. The van der Waals surface area contributed by atoms with Gasteiger partial charge in [-0.1, -0.05) is 48.5 Å². The Balaban J connectivity index is 1.40. The lowest BCUT2D eigenvalue weighted by Gasteiger charge is -2.49. The van der Waals surface area contributed by atoms with E-state index in [1.54, 1.807) is 24.3 Å². The summed E-state index contributed by atoms with van der Waals surface area (Å²) in [5.74, 6) is -0.597. The quantitative estimate of drug-likeness (QED) is 0.381. The van der Waals surface area contributed by atoms with Crippen molar-refractivity contribution in [3.05, 3.63) is 89.5 Å². The molecule has 186 valence electrons. The van der Waals surface area contributed by atoms with Gasteiger partial charge in [-0.15, -0.1) is 0 Å². The Morgan fingerprint density at radius 2 is 1.86 bits per heavy atom.